The number of oxazole rings is 1. The lowest BCUT2D eigenvalue weighted by Crippen LogP contribution is -2.15. The second-order valence-corrected chi connectivity index (χ2v) is 6.93. The first-order chi connectivity index (χ1) is 10.6. The third-order valence-corrected chi connectivity index (χ3v) is 4.59. The van der Waals surface area contributed by atoms with Gasteiger partial charge in [0.2, 0.25) is 11.8 Å². The Morgan fingerprint density at radius 2 is 2.23 bits per heavy atom. The molecule has 0 saturated heterocycles. The van der Waals surface area contributed by atoms with Crippen LogP contribution in [0.25, 0.3) is 10.8 Å². The van der Waals surface area contributed by atoms with Crippen molar-refractivity contribution in [1.29, 1.82) is 0 Å². The first-order valence-corrected chi connectivity index (χ1v) is 8.63. The molecule has 1 amide bonds. The minimum Gasteiger partial charge on any atom is -0.440 e. The average molecular weight is 424 g/mol. The summed E-state index contributed by atoms with van der Waals surface area (Å²) in [7, 11) is 0. The molecule has 0 aliphatic carbocycles. The Kier molecular flexibility index (Phi) is 4.58. The number of rotatable bonds is 4. The van der Waals surface area contributed by atoms with Crippen molar-refractivity contribution in [1.82, 2.24) is 4.98 Å². The smallest absolute Gasteiger partial charge is 0.236 e. The summed E-state index contributed by atoms with van der Waals surface area (Å²) in [5, 5.41) is 4.85. The topological polar surface area (TPSA) is 55.1 Å². The van der Waals surface area contributed by atoms with E-state index in [2.05, 4.69) is 32.9 Å². The van der Waals surface area contributed by atoms with E-state index < -0.39 is 0 Å². The van der Waals surface area contributed by atoms with E-state index in [1.54, 1.807) is 11.3 Å². The number of hydrogen-bond acceptors (Lipinski definition) is 4. The van der Waals surface area contributed by atoms with Gasteiger partial charge >= 0.3 is 0 Å². The predicted octanol–water partition coefficient (Wildman–Crippen LogP) is 4.50. The van der Waals surface area contributed by atoms with Crippen LogP contribution in [0.4, 0.5) is 5.69 Å². The summed E-state index contributed by atoms with van der Waals surface area (Å²) in [4.78, 5) is 17.5. The highest BCUT2D eigenvalue weighted by Gasteiger charge is 2.15. The fraction of sp³-hybridized carbons (Fsp3) is 0.125. The maximum Gasteiger partial charge on any atom is 0.236 e. The summed E-state index contributed by atoms with van der Waals surface area (Å²) in [6.45, 7) is 1.83. The number of carbonyl (C=O) groups is 1. The number of hydrogen-bond donors (Lipinski definition) is 1. The lowest BCUT2D eigenvalue weighted by Gasteiger charge is -2.04. The number of nitrogens with zero attached hydrogens (tertiary/aromatic N) is 1. The number of carbonyl (C=O) groups excluding carboxylic acids is 1. The molecule has 0 aliphatic heterocycles. The van der Waals surface area contributed by atoms with Gasteiger partial charge < -0.3 is 9.73 Å². The molecule has 0 fully saturated rings. The molecule has 2 heterocycles. The molecular weight excluding hydrogens is 411 g/mol. The van der Waals surface area contributed by atoms with Gasteiger partial charge in [-0.25, -0.2) is 4.98 Å². The maximum atomic E-state index is 12.1. The molecule has 22 heavy (non-hydrogen) atoms. The first-order valence-electron chi connectivity index (χ1n) is 6.67. The van der Waals surface area contributed by atoms with Gasteiger partial charge in [-0.1, -0.05) is 12.1 Å². The third-order valence-electron chi connectivity index (χ3n) is 3.06. The molecule has 0 radical (unpaired) electrons. The van der Waals surface area contributed by atoms with Gasteiger partial charge in [-0.05, 0) is 59.2 Å². The fourth-order valence-electron chi connectivity index (χ4n) is 2.02. The van der Waals surface area contributed by atoms with Crippen LogP contribution in [-0.4, -0.2) is 10.9 Å². The molecule has 4 nitrogen and oxygen atoms in total. The zero-order chi connectivity index (χ0) is 15.5. The van der Waals surface area contributed by atoms with Crippen molar-refractivity contribution in [2.24, 2.45) is 0 Å². The molecule has 0 spiro atoms. The number of halogens is 1. The van der Waals surface area contributed by atoms with Gasteiger partial charge in [0.25, 0.3) is 0 Å². The molecule has 3 rings (SSSR count). The molecule has 3 aromatic rings. The Morgan fingerprint density at radius 1 is 1.36 bits per heavy atom. The molecule has 112 valence electrons. The minimum absolute atomic E-state index is 0.101. The van der Waals surface area contributed by atoms with Crippen molar-refractivity contribution < 1.29 is 9.21 Å². The molecule has 0 atom stereocenters. The Labute approximate surface area is 145 Å². The van der Waals surface area contributed by atoms with E-state index >= 15 is 0 Å². The summed E-state index contributed by atoms with van der Waals surface area (Å²) in [6.07, 6.45) is 0.201. The normalized spacial score (nSPS) is 10.6. The number of thiophene rings is 1. The van der Waals surface area contributed by atoms with E-state index in [-0.39, 0.29) is 12.3 Å². The summed E-state index contributed by atoms with van der Waals surface area (Å²) in [6, 6.07) is 11.6. The highest BCUT2D eigenvalue weighted by Crippen LogP contribution is 2.26. The molecule has 0 bridgehead atoms. The monoisotopic (exact) mass is 424 g/mol. The number of aryl methyl sites for hydroxylation is 1. The predicted molar refractivity (Wildman–Crippen MR) is 96.0 cm³/mol. The molecule has 0 unspecified atom stereocenters. The average Bonchev–Trinajstić information content (AvgIpc) is 3.09. The maximum absolute atomic E-state index is 12.1. The minimum atomic E-state index is -0.101. The van der Waals surface area contributed by atoms with Gasteiger partial charge in [0.05, 0.1) is 17.0 Å². The summed E-state index contributed by atoms with van der Waals surface area (Å²) >= 11 is 3.78. The summed E-state index contributed by atoms with van der Waals surface area (Å²) in [5.74, 6) is 1.15. The highest BCUT2D eigenvalue weighted by molar-refractivity contribution is 14.1. The zero-order valence-corrected chi connectivity index (χ0v) is 14.8. The van der Waals surface area contributed by atoms with Crippen LogP contribution in [0.15, 0.2) is 46.2 Å². The molecule has 6 heteroatoms. The van der Waals surface area contributed by atoms with E-state index in [1.165, 1.54) is 0 Å². The summed E-state index contributed by atoms with van der Waals surface area (Å²) in [5.41, 5.74) is 1.46. The van der Waals surface area contributed by atoms with Crippen LogP contribution in [0.3, 0.4) is 0 Å². The van der Waals surface area contributed by atoms with Crippen molar-refractivity contribution in [2.45, 2.75) is 13.3 Å². The van der Waals surface area contributed by atoms with Gasteiger partial charge in [-0.15, -0.1) is 11.3 Å². The van der Waals surface area contributed by atoms with Crippen LogP contribution in [0.5, 0.6) is 0 Å². The lowest BCUT2D eigenvalue weighted by molar-refractivity contribution is -0.115. The SMILES string of the molecule is Cc1oc(-c2cccs2)nc1CC(=O)Nc1cccc(I)c1. The number of amides is 1. The van der Waals surface area contributed by atoms with E-state index in [1.807, 2.05) is 48.7 Å². The van der Waals surface area contributed by atoms with Crippen LogP contribution < -0.4 is 5.32 Å². The third kappa shape index (κ3) is 3.56. The largest absolute Gasteiger partial charge is 0.440 e. The van der Waals surface area contributed by atoms with Crippen LogP contribution in [0.1, 0.15) is 11.5 Å². The Balaban J connectivity index is 1.72. The summed E-state index contributed by atoms with van der Waals surface area (Å²) < 4.78 is 6.72. The van der Waals surface area contributed by atoms with Crippen LogP contribution >= 0.6 is 33.9 Å². The molecule has 0 aliphatic rings. The van der Waals surface area contributed by atoms with Gasteiger partial charge in [-0.2, -0.15) is 0 Å². The quantitative estimate of drug-likeness (QED) is 0.628. The van der Waals surface area contributed by atoms with E-state index in [0.717, 1.165) is 14.1 Å². The van der Waals surface area contributed by atoms with Gasteiger partial charge in [0.1, 0.15) is 5.76 Å². The number of anilines is 1. The fourth-order valence-corrected chi connectivity index (χ4v) is 3.21. The highest BCUT2D eigenvalue weighted by atomic mass is 127. The van der Waals surface area contributed by atoms with Gasteiger partial charge in [0.15, 0.2) is 0 Å². The van der Waals surface area contributed by atoms with Crippen LogP contribution in [0, 0.1) is 10.5 Å². The zero-order valence-electron chi connectivity index (χ0n) is 11.8. The van der Waals surface area contributed by atoms with E-state index in [0.29, 0.717) is 17.3 Å². The Hall–Kier alpha value is -1.67. The molecule has 0 saturated carbocycles. The van der Waals surface area contributed by atoms with E-state index in [4.69, 9.17) is 4.42 Å². The Morgan fingerprint density at radius 3 is 2.95 bits per heavy atom. The Bertz CT molecular complexity index is 796. The van der Waals surface area contributed by atoms with Gasteiger partial charge in [0, 0.05) is 9.26 Å². The second kappa shape index (κ2) is 6.62. The molecule has 1 N–H and O–H groups in total. The van der Waals surface area contributed by atoms with E-state index in [9.17, 15) is 4.79 Å². The van der Waals surface area contributed by atoms with Crippen molar-refractivity contribution >= 4 is 45.5 Å². The van der Waals surface area contributed by atoms with Crippen molar-refractivity contribution in [3.05, 3.63) is 56.8 Å². The van der Waals surface area contributed by atoms with Crippen LogP contribution in [0.2, 0.25) is 0 Å². The van der Waals surface area contributed by atoms with Crippen molar-refractivity contribution in [3.8, 4) is 10.8 Å². The van der Waals surface area contributed by atoms with Crippen LogP contribution in [-0.2, 0) is 11.2 Å². The van der Waals surface area contributed by atoms with Gasteiger partial charge in [-0.3, -0.25) is 4.79 Å². The first kappa shape index (κ1) is 15.2. The molecule has 2 aromatic heterocycles. The van der Waals surface area contributed by atoms with Crippen molar-refractivity contribution in [2.75, 3.05) is 5.32 Å². The second-order valence-electron chi connectivity index (χ2n) is 4.73. The standard InChI is InChI=1S/C16H13IN2O2S/c1-10-13(19-16(21-10)14-6-3-7-22-14)9-15(20)18-12-5-2-4-11(17)8-12/h2-8H,9H2,1H3,(H,18,20). The number of benzene rings is 1. The van der Waals surface area contributed by atoms with Crippen molar-refractivity contribution in [3.63, 3.8) is 0 Å². The number of aromatic nitrogens is 1. The lowest BCUT2D eigenvalue weighted by atomic mass is 10.2. The molecule has 1 aromatic carbocycles. The number of nitrogens with one attached hydrogen (secondary N) is 1. The molecular formula is C16H13IN2O2S.